The maximum absolute atomic E-state index is 10.2. The number of nitrogens with two attached hydrogens (primary N) is 1. The van der Waals surface area contributed by atoms with E-state index in [0.717, 1.165) is 6.16 Å². The fourth-order valence-corrected chi connectivity index (χ4v) is 3.23. The van der Waals surface area contributed by atoms with Gasteiger partial charge in [-0.1, -0.05) is 6.58 Å². The topological polar surface area (TPSA) is 104 Å². The lowest BCUT2D eigenvalue weighted by Crippen LogP contribution is -2.42. The molecule has 1 saturated heterocycles. The summed E-state index contributed by atoms with van der Waals surface area (Å²) in [6.45, 7) is 6.76. The molecule has 2 aliphatic rings. The van der Waals surface area contributed by atoms with Gasteiger partial charge in [-0.2, -0.15) is 5.10 Å². The molecule has 4 N–H and O–H groups in total. The summed E-state index contributed by atoms with van der Waals surface area (Å²) in [6.07, 6.45) is 3.72. The largest absolute Gasteiger partial charge is 0.388 e. The lowest BCUT2D eigenvalue weighted by molar-refractivity contribution is -0.0749. The third-order valence-electron chi connectivity index (χ3n) is 3.43. The van der Waals surface area contributed by atoms with Crippen LogP contribution in [0, 0.1) is 0 Å². The molecule has 0 aromatic heterocycles. The van der Waals surface area contributed by atoms with Crippen LogP contribution in [0.2, 0.25) is 0 Å². The Balaban J connectivity index is 2.05. The van der Waals surface area contributed by atoms with Crippen LogP contribution in [-0.2, 0) is 4.74 Å². The van der Waals surface area contributed by atoms with Crippen LogP contribution in [0.25, 0.3) is 0 Å². The molecular weight excluding hydrogens is 291 g/mol. The summed E-state index contributed by atoms with van der Waals surface area (Å²) in [4.78, 5) is 3.98. The number of rotatable bonds is 4. The van der Waals surface area contributed by atoms with Crippen molar-refractivity contribution < 1.29 is 14.9 Å². The lowest BCUT2D eigenvalue weighted by Gasteiger charge is -2.28. The number of hydrogen-bond donors (Lipinski definition) is 3. The van der Waals surface area contributed by atoms with Gasteiger partial charge in [0, 0.05) is 0 Å². The standard InChI is InChI=1S/C13H23N4O3P/c1-8-16-10(14)7-15-17(8)13-12(19)11(18)9(20-13)5-6-21(2,3)4/h7,9,11-13,18-19H,1-2,5-6H2,3-4H3,(H2,14,16)/t9?,11-,12-,13?/m1/s1. The zero-order valence-electron chi connectivity index (χ0n) is 12.4. The van der Waals surface area contributed by atoms with Crippen molar-refractivity contribution in [1.82, 2.24) is 5.01 Å². The van der Waals surface area contributed by atoms with Gasteiger partial charge in [0.2, 0.25) is 0 Å². The van der Waals surface area contributed by atoms with E-state index in [9.17, 15) is 10.2 Å². The normalized spacial score (nSPS) is 33.4. The first kappa shape index (κ1) is 16.2. The molecule has 21 heavy (non-hydrogen) atoms. The number of ether oxygens (including phenoxy) is 1. The molecule has 0 aromatic rings. The zero-order valence-corrected chi connectivity index (χ0v) is 13.3. The van der Waals surface area contributed by atoms with Gasteiger partial charge in [-0.3, -0.25) is 0 Å². The Hall–Kier alpha value is -1.14. The van der Waals surface area contributed by atoms with Crippen molar-refractivity contribution in [2.75, 3.05) is 19.5 Å². The maximum atomic E-state index is 10.2. The van der Waals surface area contributed by atoms with Crippen molar-refractivity contribution in [1.29, 1.82) is 0 Å². The average molecular weight is 314 g/mol. The molecule has 118 valence electrons. The van der Waals surface area contributed by atoms with E-state index in [1.165, 1.54) is 11.2 Å². The van der Waals surface area contributed by atoms with E-state index < -0.39 is 31.4 Å². The van der Waals surface area contributed by atoms with Crippen LogP contribution in [0.4, 0.5) is 0 Å². The van der Waals surface area contributed by atoms with Crippen LogP contribution >= 0.6 is 6.89 Å². The van der Waals surface area contributed by atoms with E-state index in [1.54, 1.807) is 0 Å². The molecule has 2 unspecified atom stereocenters. The van der Waals surface area contributed by atoms with Crippen LogP contribution in [0.15, 0.2) is 22.5 Å². The first-order chi connectivity index (χ1) is 9.69. The molecule has 2 heterocycles. The summed E-state index contributed by atoms with van der Waals surface area (Å²) in [5.41, 5.74) is 5.53. The van der Waals surface area contributed by atoms with E-state index in [-0.39, 0.29) is 11.7 Å². The second-order valence-corrected chi connectivity index (χ2v) is 10.4. The number of aliphatic hydroxyl groups excluding tert-OH is 2. The van der Waals surface area contributed by atoms with Crippen LogP contribution in [0.1, 0.15) is 6.42 Å². The van der Waals surface area contributed by atoms with Gasteiger partial charge in [0.25, 0.3) is 0 Å². The second kappa shape index (κ2) is 5.93. The highest BCUT2D eigenvalue weighted by atomic mass is 31.2. The third-order valence-corrected chi connectivity index (χ3v) is 4.90. The highest BCUT2D eigenvalue weighted by Crippen LogP contribution is 2.38. The Kier molecular flexibility index (Phi) is 4.58. The van der Waals surface area contributed by atoms with Gasteiger partial charge >= 0.3 is 0 Å². The SMILES string of the molecule is C=C1N=C(N)C=NN1C1OC(CCP(=C)(C)C)[C@@H](O)[C@H]1O. The quantitative estimate of drug-likeness (QED) is 0.616. The predicted octanol–water partition coefficient (Wildman–Crippen LogP) is -0.338. The number of nitrogens with zero attached hydrogens (tertiary/aromatic N) is 3. The summed E-state index contributed by atoms with van der Waals surface area (Å²) in [7, 11) is 0. The van der Waals surface area contributed by atoms with Crippen molar-refractivity contribution in [2.24, 2.45) is 15.8 Å². The molecule has 8 heteroatoms. The van der Waals surface area contributed by atoms with Crippen molar-refractivity contribution in [3.63, 3.8) is 0 Å². The van der Waals surface area contributed by atoms with Crippen molar-refractivity contribution in [2.45, 2.75) is 31.0 Å². The number of aliphatic hydroxyl groups is 2. The van der Waals surface area contributed by atoms with Crippen molar-refractivity contribution in [3.8, 4) is 0 Å². The van der Waals surface area contributed by atoms with Crippen LogP contribution < -0.4 is 5.73 Å². The summed E-state index contributed by atoms with van der Waals surface area (Å²) in [5, 5.41) is 25.7. The summed E-state index contributed by atoms with van der Waals surface area (Å²) < 4.78 is 5.76. The van der Waals surface area contributed by atoms with Crippen LogP contribution in [0.5, 0.6) is 0 Å². The molecule has 0 bridgehead atoms. The fraction of sp³-hybridized carbons (Fsp3) is 0.615. The number of hydrogen-bond acceptors (Lipinski definition) is 7. The van der Waals surface area contributed by atoms with Crippen LogP contribution in [0.3, 0.4) is 0 Å². The van der Waals surface area contributed by atoms with Crippen molar-refractivity contribution in [3.05, 3.63) is 12.4 Å². The minimum Gasteiger partial charge on any atom is -0.388 e. The maximum Gasteiger partial charge on any atom is 0.181 e. The van der Waals surface area contributed by atoms with Gasteiger partial charge in [0.05, 0.1) is 12.3 Å². The van der Waals surface area contributed by atoms with Gasteiger partial charge in [0.1, 0.15) is 23.9 Å². The summed E-state index contributed by atoms with van der Waals surface area (Å²) in [6, 6.07) is 0. The van der Waals surface area contributed by atoms with Crippen molar-refractivity contribution >= 4 is 25.2 Å². The minimum absolute atomic E-state index is 0.240. The van der Waals surface area contributed by atoms with Gasteiger partial charge < -0.3 is 20.7 Å². The molecule has 7 nitrogen and oxygen atoms in total. The van der Waals surface area contributed by atoms with Gasteiger partial charge in [-0.25, -0.2) is 10.0 Å². The monoisotopic (exact) mass is 314 g/mol. The Morgan fingerprint density at radius 2 is 2.10 bits per heavy atom. The molecular formula is C13H23N4O3P. The van der Waals surface area contributed by atoms with Gasteiger partial charge in [0.15, 0.2) is 6.23 Å². The molecule has 2 aliphatic heterocycles. The van der Waals surface area contributed by atoms with Gasteiger partial charge in [-0.05, 0) is 25.9 Å². The molecule has 1 fully saturated rings. The predicted molar refractivity (Wildman–Crippen MR) is 87.1 cm³/mol. The minimum atomic E-state index is -1.21. The van der Waals surface area contributed by atoms with Gasteiger partial charge in [-0.15, -0.1) is 13.2 Å². The Labute approximate surface area is 124 Å². The van der Waals surface area contributed by atoms with E-state index in [2.05, 4.69) is 36.3 Å². The molecule has 0 saturated carbocycles. The smallest absolute Gasteiger partial charge is 0.181 e. The number of aliphatic imine (C=N–C) groups is 1. The van der Waals surface area contributed by atoms with E-state index in [1.807, 2.05) is 0 Å². The Morgan fingerprint density at radius 3 is 2.67 bits per heavy atom. The van der Waals surface area contributed by atoms with E-state index in [0.29, 0.717) is 6.42 Å². The first-order valence-corrected chi connectivity index (χ1v) is 9.79. The zero-order chi connectivity index (χ0) is 15.8. The molecule has 0 spiro atoms. The first-order valence-electron chi connectivity index (χ1n) is 6.74. The molecule has 4 atom stereocenters. The van der Waals surface area contributed by atoms with E-state index >= 15 is 0 Å². The molecule has 0 amide bonds. The highest BCUT2D eigenvalue weighted by Gasteiger charge is 2.46. The van der Waals surface area contributed by atoms with E-state index in [4.69, 9.17) is 10.5 Å². The highest BCUT2D eigenvalue weighted by molar-refractivity contribution is 7.72. The Bertz CT molecular complexity index is 528. The Morgan fingerprint density at radius 1 is 1.43 bits per heavy atom. The molecule has 0 aliphatic carbocycles. The summed E-state index contributed by atoms with van der Waals surface area (Å²) >= 11 is 0. The lowest BCUT2D eigenvalue weighted by atomic mass is 10.1. The fourth-order valence-electron chi connectivity index (χ4n) is 2.28. The third kappa shape index (κ3) is 3.74. The van der Waals surface area contributed by atoms with Crippen LogP contribution in [-0.4, -0.2) is 77.6 Å². The number of amidine groups is 1. The average Bonchev–Trinajstić information content (AvgIpc) is 2.64. The summed E-state index contributed by atoms with van der Waals surface area (Å²) in [5.74, 6) is 0.515. The molecule has 0 aromatic carbocycles. The number of hydrazone groups is 1. The molecule has 2 rings (SSSR count). The molecule has 0 radical (unpaired) electrons. The second-order valence-electron chi connectivity index (χ2n) is 6.04.